The van der Waals surface area contributed by atoms with Gasteiger partial charge in [-0.25, -0.2) is 0 Å². The van der Waals surface area contributed by atoms with Crippen LogP contribution < -0.4 is 24.8 Å². The Balaban J connectivity index is 0. The summed E-state index contributed by atoms with van der Waals surface area (Å²) in [4.78, 5) is 0. The van der Waals surface area contributed by atoms with Gasteiger partial charge in [0.15, 0.2) is 0 Å². The summed E-state index contributed by atoms with van der Waals surface area (Å²) in [7, 11) is 0. The third-order valence-corrected chi connectivity index (χ3v) is 0. The third kappa shape index (κ3) is 42.1. The predicted molar refractivity (Wildman–Crippen MR) is 19.7 cm³/mol. The van der Waals surface area contributed by atoms with E-state index < -0.39 is 0 Å². The smallest absolute Gasteiger partial charge is 1.00 e. The van der Waals surface area contributed by atoms with Crippen LogP contribution in [0.15, 0.2) is 0 Å². The number of halogens is 2. The minimum absolute atomic E-state index is 0. The van der Waals surface area contributed by atoms with E-state index in [-0.39, 0.29) is 80.9 Å². The fourth-order valence-electron chi connectivity index (χ4n) is 0. The van der Waals surface area contributed by atoms with E-state index >= 15 is 0 Å². The normalized spacial score (nSPS) is 0. The molecule has 0 unspecified atom stereocenters. The zero-order valence-electron chi connectivity index (χ0n) is 2.46. The number of hydrogen-bond acceptors (Lipinski definition) is 0. The van der Waals surface area contributed by atoms with Crippen molar-refractivity contribution in [1.29, 1.82) is 0 Å². The Morgan fingerprint density at radius 3 is 0.667 bits per heavy atom. The van der Waals surface area contributed by atoms with Gasteiger partial charge in [0.25, 0.3) is 0 Å². The molecule has 0 atom stereocenters. The summed E-state index contributed by atoms with van der Waals surface area (Å²) in [6.45, 7) is 0. The first-order chi connectivity index (χ1) is 0. The van der Waals surface area contributed by atoms with Gasteiger partial charge in [-0.1, -0.05) is 7.43 Å². The van der Waals surface area contributed by atoms with Crippen LogP contribution in [0.2, 0.25) is 0 Å². The summed E-state index contributed by atoms with van der Waals surface area (Å²) >= 11 is 0. The van der Waals surface area contributed by atoms with Gasteiger partial charge >= 0.3 is 37.7 Å². The van der Waals surface area contributed by atoms with E-state index in [0.717, 1.165) is 0 Å². The first-order valence-electron chi connectivity index (χ1n) is 0. The molecule has 2 nitrogen and oxygen atoms in total. The number of hydrogen-bond donors (Lipinski definition) is 0. The van der Waals surface area contributed by atoms with Crippen molar-refractivity contribution < 1.29 is 35.8 Å². The molecule has 0 aromatic rings. The number of rotatable bonds is 0. The first-order valence-corrected chi connectivity index (χ1v) is 0. The second kappa shape index (κ2) is 72.4. The molecule has 4 N–H and O–H groups in total. The molecular weight excluding hydrogens is 155 g/mol. The van der Waals surface area contributed by atoms with Gasteiger partial charge in [0, 0.05) is 0 Å². The van der Waals surface area contributed by atoms with Crippen molar-refractivity contribution in [3.05, 3.63) is 0 Å². The third-order valence-electron chi connectivity index (χ3n) is 0. The van der Waals surface area contributed by atoms with Gasteiger partial charge in [-0.2, -0.15) is 0 Å². The molecular formula is CH8CaCl2O2. The van der Waals surface area contributed by atoms with Crippen LogP contribution in [0.3, 0.4) is 0 Å². The van der Waals surface area contributed by atoms with Gasteiger partial charge in [0.1, 0.15) is 0 Å². The zero-order chi connectivity index (χ0) is 0. The van der Waals surface area contributed by atoms with Crippen LogP contribution in [-0.2, 0) is 0 Å². The molecule has 0 aliphatic rings. The van der Waals surface area contributed by atoms with Crippen LogP contribution in [0.5, 0.6) is 0 Å². The van der Waals surface area contributed by atoms with E-state index in [1.54, 1.807) is 0 Å². The van der Waals surface area contributed by atoms with Crippen LogP contribution in [0.25, 0.3) is 0 Å². The van der Waals surface area contributed by atoms with Crippen LogP contribution >= 0.6 is 0 Å². The summed E-state index contributed by atoms with van der Waals surface area (Å²) in [5, 5.41) is 0. The van der Waals surface area contributed by atoms with Crippen LogP contribution in [0, 0.1) is 0 Å². The average molecular weight is 163 g/mol. The van der Waals surface area contributed by atoms with Gasteiger partial charge < -0.3 is 35.8 Å². The van der Waals surface area contributed by atoms with E-state index in [1.165, 1.54) is 0 Å². The van der Waals surface area contributed by atoms with Gasteiger partial charge in [-0.05, 0) is 0 Å². The van der Waals surface area contributed by atoms with E-state index in [2.05, 4.69) is 0 Å². The first kappa shape index (κ1) is 115. The summed E-state index contributed by atoms with van der Waals surface area (Å²) in [5.41, 5.74) is 0. The summed E-state index contributed by atoms with van der Waals surface area (Å²) in [5.74, 6) is 0. The van der Waals surface area contributed by atoms with Crippen molar-refractivity contribution >= 4 is 37.7 Å². The SMILES string of the molecule is C.O.O.[Ca+2].[Cl-].[Cl-]. The average Bonchev–Trinajstić information content (AvgIpc) is 0. The molecule has 0 aromatic carbocycles. The Labute approximate surface area is 80.1 Å². The molecule has 0 saturated heterocycles. The molecule has 0 aliphatic carbocycles. The molecule has 0 saturated carbocycles. The summed E-state index contributed by atoms with van der Waals surface area (Å²) in [6.07, 6.45) is 0. The molecule has 0 rings (SSSR count). The van der Waals surface area contributed by atoms with E-state index in [0.29, 0.717) is 0 Å². The van der Waals surface area contributed by atoms with Crippen molar-refractivity contribution in [1.82, 2.24) is 0 Å². The van der Waals surface area contributed by atoms with E-state index in [9.17, 15) is 0 Å². The van der Waals surface area contributed by atoms with Crippen molar-refractivity contribution in [2.45, 2.75) is 7.43 Å². The zero-order valence-corrected chi connectivity index (χ0v) is 6.18. The van der Waals surface area contributed by atoms with Crippen LogP contribution in [-0.4, -0.2) is 48.7 Å². The van der Waals surface area contributed by atoms with Gasteiger partial charge in [0.05, 0.1) is 0 Å². The molecule has 5 heteroatoms. The molecule has 6 heavy (non-hydrogen) atoms. The fraction of sp³-hybridized carbons (Fsp3) is 1.00. The molecule has 0 fully saturated rings. The maximum atomic E-state index is 0. The standard InChI is InChI=1S/CH4.Ca.2ClH.2H2O/h1H4;;2*1H;2*1H2/q;+2;;;;/p-2. The Morgan fingerprint density at radius 2 is 0.667 bits per heavy atom. The summed E-state index contributed by atoms with van der Waals surface area (Å²) < 4.78 is 0. The monoisotopic (exact) mass is 162 g/mol. The van der Waals surface area contributed by atoms with Crippen molar-refractivity contribution in [3.8, 4) is 0 Å². The largest absolute Gasteiger partial charge is 2.00 e. The predicted octanol–water partition coefficient (Wildman–Crippen LogP) is -7.39. The Morgan fingerprint density at radius 1 is 0.667 bits per heavy atom. The van der Waals surface area contributed by atoms with Gasteiger partial charge in [0.2, 0.25) is 0 Å². The Hall–Kier alpha value is 1.76. The quantitative estimate of drug-likeness (QED) is 0.318. The minimum Gasteiger partial charge on any atom is -1.00 e. The van der Waals surface area contributed by atoms with Crippen molar-refractivity contribution in [2.75, 3.05) is 0 Å². The molecule has 0 aliphatic heterocycles. The maximum absolute atomic E-state index is 0. The molecule has 0 amide bonds. The van der Waals surface area contributed by atoms with Gasteiger partial charge in [-0.3, -0.25) is 0 Å². The Kier molecular flexibility index (Phi) is 1380. The molecule has 0 bridgehead atoms. The van der Waals surface area contributed by atoms with Crippen LogP contribution in [0.1, 0.15) is 7.43 Å². The molecule has 0 radical (unpaired) electrons. The maximum Gasteiger partial charge on any atom is 2.00 e. The van der Waals surface area contributed by atoms with E-state index in [1.807, 2.05) is 0 Å². The fourth-order valence-corrected chi connectivity index (χ4v) is 0. The Bertz CT molecular complexity index is 11.5. The molecule has 0 aromatic heterocycles. The molecule has 0 spiro atoms. The molecule has 40 valence electrons. The van der Waals surface area contributed by atoms with Crippen LogP contribution in [0.4, 0.5) is 0 Å². The van der Waals surface area contributed by atoms with Crippen molar-refractivity contribution in [2.24, 2.45) is 0 Å². The van der Waals surface area contributed by atoms with Gasteiger partial charge in [-0.15, -0.1) is 0 Å². The topological polar surface area (TPSA) is 63.0 Å². The second-order valence-electron chi connectivity index (χ2n) is 0. The minimum atomic E-state index is 0. The second-order valence-corrected chi connectivity index (χ2v) is 0. The van der Waals surface area contributed by atoms with E-state index in [4.69, 9.17) is 0 Å². The molecule has 0 heterocycles. The summed E-state index contributed by atoms with van der Waals surface area (Å²) in [6, 6.07) is 0. The van der Waals surface area contributed by atoms with Crippen molar-refractivity contribution in [3.63, 3.8) is 0 Å².